The zero-order valence-electron chi connectivity index (χ0n) is 10.2. The lowest BCUT2D eigenvalue weighted by Gasteiger charge is -2.21. The van der Waals surface area contributed by atoms with Crippen molar-refractivity contribution in [1.29, 1.82) is 0 Å². The lowest BCUT2D eigenvalue weighted by molar-refractivity contribution is -0.147. The van der Waals surface area contributed by atoms with Crippen molar-refractivity contribution >= 4 is 5.97 Å². The lowest BCUT2D eigenvalue weighted by atomic mass is 9.89. The van der Waals surface area contributed by atoms with Gasteiger partial charge in [0.1, 0.15) is 0 Å². The molecule has 4 heteroatoms. The standard InChI is InChI=1S/C11H23NO3/c1-9(5-8-15-4)12-7-6-11(2,3)10(13)14/h9,12H,5-8H2,1-4H3,(H,13,14). The van der Waals surface area contributed by atoms with Gasteiger partial charge in [0.25, 0.3) is 0 Å². The predicted octanol–water partition coefficient (Wildman–Crippen LogP) is 1.50. The second kappa shape index (κ2) is 6.80. The van der Waals surface area contributed by atoms with Crippen molar-refractivity contribution in [2.45, 2.75) is 39.7 Å². The molecule has 0 saturated heterocycles. The first-order valence-corrected chi connectivity index (χ1v) is 5.36. The molecule has 0 fully saturated rings. The van der Waals surface area contributed by atoms with E-state index >= 15 is 0 Å². The molecule has 1 unspecified atom stereocenters. The van der Waals surface area contributed by atoms with E-state index in [4.69, 9.17) is 9.84 Å². The van der Waals surface area contributed by atoms with Gasteiger partial charge in [-0.1, -0.05) is 0 Å². The maximum absolute atomic E-state index is 10.8. The maximum atomic E-state index is 10.8. The Kier molecular flexibility index (Phi) is 6.52. The molecule has 0 aromatic rings. The molecular weight excluding hydrogens is 194 g/mol. The van der Waals surface area contributed by atoms with E-state index in [1.807, 2.05) is 0 Å². The molecule has 1 atom stereocenters. The number of methoxy groups -OCH3 is 1. The number of carboxylic acids is 1. The van der Waals surface area contributed by atoms with Crippen LogP contribution in [-0.2, 0) is 9.53 Å². The summed E-state index contributed by atoms with van der Waals surface area (Å²) in [6.07, 6.45) is 1.59. The van der Waals surface area contributed by atoms with Crippen LogP contribution in [0.5, 0.6) is 0 Å². The third kappa shape index (κ3) is 6.47. The summed E-state index contributed by atoms with van der Waals surface area (Å²) in [6.45, 7) is 7.03. The normalized spacial score (nSPS) is 13.9. The molecule has 0 amide bonds. The van der Waals surface area contributed by atoms with E-state index in [-0.39, 0.29) is 0 Å². The molecule has 0 radical (unpaired) electrons. The van der Waals surface area contributed by atoms with Gasteiger partial charge in [-0.3, -0.25) is 4.79 Å². The van der Waals surface area contributed by atoms with E-state index in [1.54, 1.807) is 21.0 Å². The molecule has 0 rings (SSSR count). The van der Waals surface area contributed by atoms with Gasteiger partial charge in [0, 0.05) is 19.8 Å². The summed E-state index contributed by atoms with van der Waals surface area (Å²) in [5.41, 5.74) is -0.645. The fraction of sp³-hybridized carbons (Fsp3) is 0.909. The topological polar surface area (TPSA) is 58.6 Å². The molecule has 0 saturated carbocycles. The molecule has 0 aliphatic carbocycles. The smallest absolute Gasteiger partial charge is 0.309 e. The summed E-state index contributed by atoms with van der Waals surface area (Å²) in [6, 6.07) is 0.370. The van der Waals surface area contributed by atoms with Crippen LogP contribution in [0.2, 0.25) is 0 Å². The SMILES string of the molecule is COCCC(C)NCCC(C)(C)C(=O)O. The number of aliphatic carboxylic acids is 1. The summed E-state index contributed by atoms with van der Waals surface area (Å²) in [4.78, 5) is 10.8. The lowest BCUT2D eigenvalue weighted by Crippen LogP contribution is -2.33. The van der Waals surface area contributed by atoms with E-state index in [1.165, 1.54) is 0 Å². The van der Waals surface area contributed by atoms with Gasteiger partial charge in [0.2, 0.25) is 0 Å². The van der Waals surface area contributed by atoms with Crippen molar-refractivity contribution in [2.75, 3.05) is 20.3 Å². The summed E-state index contributed by atoms with van der Waals surface area (Å²) in [5.74, 6) is -0.742. The van der Waals surface area contributed by atoms with Gasteiger partial charge in [-0.25, -0.2) is 0 Å². The predicted molar refractivity (Wildman–Crippen MR) is 60.0 cm³/mol. The highest BCUT2D eigenvalue weighted by molar-refractivity contribution is 5.73. The molecule has 0 aromatic carbocycles. The van der Waals surface area contributed by atoms with Gasteiger partial charge in [-0.05, 0) is 40.2 Å². The first-order chi connectivity index (χ1) is 6.90. The van der Waals surface area contributed by atoms with Crippen molar-refractivity contribution in [3.63, 3.8) is 0 Å². The number of carboxylic acid groups (broad SMARTS) is 1. The number of carbonyl (C=O) groups is 1. The molecule has 90 valence electrons. The molecular formula is C11H23NO3. The van der Waals surface area contributed by atoms with Crippen molar-refractivity contribution < 1.29 is 14.6 Å². The van der Waals surface area contributed by atoms with Gasteiger partial charge >= 0.3 is 5.97 Å². The van der Waals surface area contributed by atoms with Crippen LogP contribution in [0, 0.1) is 5.41 Å². The average molecular weight is 217 g/mol. The Bertz CT molecular complexity index is 192. The first-order valence-electron chi connectivity index (χ1n) is 5.36. The second-order valence-electron chi connectivity index (χ2n) is 4.58. The van der Waals surface area contributed by atoms with Crippen molar-refractivity contribution in [3.8, 4) is 0 Å². The Hall–Kier alpha value is -0.610. The van der Waals surface area contributed by atoms with Crippen molar-refractivity contribution in [3.05, 3.63) is 0 Å². The van der Waals surface area contributed by atoms with E-state index < -0.39 is 11.4 Å². The zero-order valence-corrected chi connectivity index (χ0v) is 10.2. The Labute approximate surface area is 92.0 Å². The van der Waals surface area contributed by atoms with Crippen LogP contribution in [0.1, 0.15) is 33.6 Å². The second-order valence-corrected chi connectivity index (χ2v) is 4.58. The van der Waals surface area contributed by atoms with Crippen molar-refractivity contribution in [2.24, 2.45) is 5.41 Å². The fourth-order valence-electron chi connectivity index (χ4n) is 1.13. The average Bonchev–Trinajstić information content (AvgIpc) is 2.14. The monoisotopic (exact) mass is 217 g/mol. The van der Waals surface area contributed by atoms with E-state index in [0.29, 0.717) is 12.5 Å². The van der Waals surface area contributed by atoms with Crippen LogP contribution in [0.25, 0.3) is 0 Å². The van der Waals surface area contributed by atoms with Crippen LogP contribution in [0.3, 0.4) is 0 Å². The molecule has 0 aliphatic heterocycles. The summed E-state index contributed by atoms with van der Waals surface area (Å²) >= 11 is 0. The van der Waals surface area contributed by atoms with Gasteiger partial charge in [0.15, 0.2) is 0 Å². The first kappa shape index (κ1) is 14.4. The van der Waals surface area contributed by atoms with E-state index in [9.17, 15) is 4.79 Å². The molecule has 4 nitrogen and oxygen atoms in total. The number of ether oxygens (including phenoxy) is 1. The minimum atomic E-state index is -0.742. The number of hydrogen-bond donors (Lipinski definition) is 2. The minimum Gasteiger partial charge on any atom is -0.481 e. The maximum Gasteiger partial charge on any atom is 0.309 e. The largest absolute Gasteiger partial charge is 0.481 e. The number of nitrogens with one attached hydrogen (secondary N) is 1. The Morgan fingerprint density at radius 3 is 2.60 bits per heavy atom. The molecule has 0 bridgehead atoms. The van der Waals surface area contributed by atoms with Gasteiger partial charge in [-0.2, -0.15) is 0 Å². The van der Waals surface area contributed by atoms with Crippen LogP contribution in [0.15, 0.2) is 0 Å². The Morgan fingerprint density at radius 2 is 2.13 bits per heavy atom. The molecule has 2 N–H and O–H groups in total. The quantitative estimate of drug-likeness (QED) is 0.647. The Balaban J connectivity index is 3.65. The molecule has 0 spiro atoms. The summed E-state index contributed by atoms with van der Waals surface area (Å²) < 4.78 is 4.96. The molecule has 15 heavy (non-hydrogen) atoms. The minimum absolute atomic E-state index is 0.370. The van der Waals surface area contributed by atoms with Crippen LogP contribution < -0.4 is 5.32 Å². The van der Waals surface area contributed by atoms with Crippen LogP contribution >= 0.6 is 0 Å². The number of rotatable bonds is 8. The van der Waals surface area contributed by atoms with E-state index in [0.717, 1.165) is 19.6 Å². The fourth-order valence-corrected chi connectivity index (χ4v) is 1.13. The summed E-state index contributed by atoms with van der Waals surface area (Å²) in [7, 11) is 1.68. The van der Waals surface area contributed by atoms with Gasteiger partial charge in [0.05, 0.1) is 5.41 Å². The summed E-state index contributed by atoms with van der Waals surface area (Å²) in [5, 5.41) is 12.2. The number of hydrogen-bond acceptors (Lipinski definition) is 3. The third-order valence-electron chi connectivity index (χ3n) is 2.58. The molecule has 0 aliphatic rings. The highest BCUT2D eigenvalue weighted by Crippen LogP contribution is 2.19. The van der Waals surface area contributed by atoms with Crippen molar-refractivity contribution in [1.82, 2.24) is 5.32 Å². The highest BCUT2D eigenvalue weighted by Gasteiger charge is 2.26. The van der Waals surface area contributed by atoms with Crippen LogP contribution in [-0.4, -0.2) is 37.4 Å². The van der Waals surface area contributed by atoms with Gasteiger partial charge < -0.3 is 15.2 Å². The zero-order chi connectivity index (χ0) is 11.9. The molecule has 0 heterocycles. The third-order valence-corrected chi connectivity index (χ3v) is 2.58. The highest BCUT2D eigenvalue weighted by atomic mass is 16.5. The van der Waals surface area contributed by atoms with Crippen LogP contribution in [0.4, 0.5) is 0 Å². The van der Waals surface area contributed by atoms with Gasteiger partial charge in [-0.15, -0.1) is 0 Å². The molecule has 0 aromatic heterocycles. The van der Waals surface area contributed by atoms with E-state index in [2.05, 4.69) is 12.2 Å². The Morgan fingerprint density at radius 1 is 1.53 bits per heavy atom.